The monoisotopic (exact) mass is 252 g/mol. The lowest BCUT2D eigenvalue weighted by Crippen LogP contribution is -2.30. The predicted octanol–water partition coefficient (Wildman–Crippen LogP) is 2.96. The number of anilines is 2. The quantitative estimate of drug-likeness (QED) is 0.796. The SMILES string of the molecule is Cc1cc(N)c(Cl)cc1NC1CC2CCC1O2. The summed E-state index contributed by atoms with van der Waals surface area (Å²) >= 11 is 6.05. The summed E-state index contributed by atoms with van der Waals surface area (Å²) in [7, 11) is 0. The molecule has 0 spiro atoms. The molecule has 2 aliphatic rings. The van der Waals surface area contributed by atoms with Crippen LogP contribution in [0.4, 0.5) is 11.4 Å². The zero-order chi connectivity index (χ0) is 12.0. The second kappa shape index (κ2) is 4.07. The lowest BCUT2D eigenvalue weighted by atomic mass is 9.95. The van der Waals surface area contributed by atoms with Crippen LogP contribution in [0.1, 0.15) is 24.8 Å². The highest BCUT2D eigenvalue weighted by Crippen LogP contribution is 2.37. The van der Waals surface area contributed by atoms with Crippen LogP contribution < -0.4 is 11.1 Å². The molecular formula is C13H17ClN2O. The van der Waals surface area contributed by atoms with Crippen molar-refractivity contribution in [2.45, 2.75) is 44.4 Å². The summed E-state index contributed by atoms with van der Waals surface area (Å²) in [5.74, 6) is 0. The fraction of sp³-hybridized carbons (Fsp3) is 0.538. The molecule has 2 aliphatic heterocycles. The standard InChI is InChI=1S/C13H17ClN2O/c1-7-4-10(15)9(14)6-11(7)16-12-5-8-2-3-13(12)17-8/h4,6,8,12-13,16H,2-3,5,15H2,1H3. The number of halogens is 1. The summed E-state index contributed by atoms with van der Waals surface area (Å²) in [4.78, 5) is 0. The van der Waals surface area contributed by atoms with Gasteiger partial charge in [0, 0.05) is 5.69 Å². The molecular weight excluding hydrogens is 236 g/mol. The molecule has 17 heavy (non-hydrogen) atoms. The van der Waals surface area contributed by atoms with Crippen molar-refractivity contribution in [3.8, 4) is 0 Å². The Labute approximate surface area is 106 Å². The van der Waals surface area contributed by atoms with E-state index in [9.17, 15) is 0 Å². The summed E-state index contributed by atoms with van der Waals surface area (Å²) in [6.07, 6.45) is 4.32. The van der Waals surface area contributed by atoms with Crippen LogP contribution in [0.3, 0.4) is 0 Å². The van der Waals surface area contributed by atoms with Gasteiger partial charge in [0.1, 0.15) is 0 Å². The van der Waals surface area contributed by atoms with Gasteiger partial charge in [-0.3, -0.25) is 0 Å². The molecule has 2 fully saturated rings. The van der Waals surface area contributed by atoms with Crippen LogP contribution in [0.2, 0.25) is 5.02 Å². The Hall–Kier alpha value is -0.930. The van der Waals surface area contributed by atoms with Crippen LogP contribution in [-0.4, -0.2) is 18.2 Å². The molecule has 3 unspecified atom stereocenters. The first-order chi connectivity index (χ1) is 8.13. The molecule has 2 bridgehead atoms. The molecule has 2 heterocycles. The lowest BCUT2D eigenvalue weighted by Gasteiger charge is -2.22. The molecule has 92 valence electrons. The number of nitrogen functional groups attached to an aromatic ring is 1. The van der Waals surface area contributed by atoms with Gasteiger partial charge in [-0.2, -0.15) is 0 Å². The largest absolute Gasteiger partial charge is 0.398 e. The van der Waals surface area contributed by atoms with Crippen molar-refractivity contribution >= 4 is 23.0 Å². The van der Waals surface area contributed by atoms with Crippen LogP contribution in [0, 0.1) is 6.92 Å². The molecule has 3 N–H and O–H groups in total. The van der Waals surface area contributed by atoms with E-state index < -0.39 is 0 Å². The maximum absolute atomic E-state index is 6.05. The van der Waals surface area contributed by atoms with E-state index in [1.165, 1.54) is 12.8 Å². The van der Waals surface area contributed by atoms with Crippen molar-refractivity contribution in [3.63, 3.8) is 0 Å². The number of hydrogen-bond donors (Lipinski definition) is 2. The molecule has 3 atom stereocenters. The lowest BCUT2D eigenvalue weighted by molar-refractivity contribution is 0.102. The number of rotatable bonds is 2. The van der Waals surface area contributed by atoms with Crippen LogP contribution in [0.15, 0.2) is 12.1 Å². The van der Waals surface area contributed by atoms with Crippen LogP contribution in [0.25, 0.3) is 0 Å². The van der Waals surface area contributed by atoms with E-state index in [0.717, 1.165) is 17.7 Å². The average molecular weight is 253 g/mol. The van der Waals surface area contributed by atoms with E-state index in [0.29, 0.717) is 29.0 Å². The summed E-state index contributed by atoms with van der Waals surface area (Å²) in [5.41, 5.74) is 8.62. The van der Waals surface area contributed by atoms with Gasteiger partial charge < -0.3 is 15.8 Å². The Balaban J connectivity index is 1.79. The zero-order valence-corrected chi connectivity index (χ0v) is 10.6. The second-order valence-electron chi connectivity index (χ2n) is 5.05. The fourth-order valence-electron chi connectivity index (χ4n) is 2.85. The Bertz CT molecular complexity index is 449. The maximum Gasteiger partial charge on any atom is 0.0781 e. The molecule has 1 aromatic rings. The summed E-state index contributed by atoms with van der Waals surface area (Å²) in [6.45, 7) is 2.04. The van der Waals surface area contributed by atoms with Crippen LogP contribution in [-0.2, 0) is 4.74 Å². The molecule has 4 heteroatoms. The zero-order valence-electron chi connectivity index (χ0n) is 9.87. The van der Waals surface area contributed by atoms with Gasteiger partial charge in [-0.15, -0.1) is 0 Å². The van der Waals surface area contributed by atoms with Gasteiger partial charge in [-0.05, 0) is 43.9 Å². The molecule has 0 radical (unpaired) electrons. The Morgan fingerprint density at radius 3 is 2.88 bits per heavy atom. The normalized spacial score (nSPS) is 30.8. The van der Waals surface area contributed by atoms with Crippen LogP contribution in [0.5, 0.6) is 0 Å². The first-order valence-electron chi connectivity index (χ1n) is 6.11. The van der Waals surface area contributed by atoms with Gasteiger partial charge >= 0.3 is 0 Å². The highest BCUT2D eigenvalue weighted by molar-refractivity contribution is 6.33. The van der Waals surface area contributed by atoms with Crippen molar-refractivity contribution < 1.29 is 4.74 Å². The smallest absolute Gasteiger partial charge is 0.0781 e. The third kappa shape index (κ3) is 1.98. The van der Waals surface area contributed by atoms with E-state index >= 15 is 0 Å². The van der Waals surface area contributed by atoms with E-state index in [2.05, 4.69) is 5.32 Å². The number of hydrogen-bond acceptors (Lipinski definition) is 3. The van der Waals surface area contributed by atoms with Crippen molar-refractivity contribution in [1.29, 1.82) is 0 Å². The average Bonchev–Trinajstić information content (AvgIpc) is 2.87. The molecule has 3 nitrogen and oxygen atoms in total. The van der Waals surface area contributed by atoms with Gasteiger partial charge in [0.25, 0.3) is 0 Å². The van der Waals surface area contributed by atoms with E-state index in [1.54, 1.807) is 0 Å². The summed E-state index contributed by atoms with van der Waals surface area (Å²) in [5, 5.41) is 4.16. The number of ether oxygens (including phenoxy) is 1. The molecule has 0 saturated carbocycles. The minimum absolute atomic E-state index is 0.371. The van der Waals surface area contributed by atoms with Gasteiger partial charge in [0.15, 0.2) is 0 Å². The molecule has 3 rings (SSSR count). The van der Waals surface area contributed by atoms with Crippen molar-refractivity contribution in [3.05, 3.63) is 22.7 Å². The molecule has 0 aromatic heterocycles. The molecule has 0 amide bonds. The number of aryl methyl sites for hydroxylation is 1. The molecule has 0 aliphatic carbocycles. The van der Waals surface area contributed by atoms with Gasteiger partial charge in [-0.25, -0.2) is 0 Å². The van der Waals surface area contributed by atoms with Crippen molar-refractivity contribution in [2.75, 3.05) is 11.1 Å². The van der Waals surface area contributed by atoms with Crippen LogP contribution >= 0.6 is 11.6 Å². The fourth-order valence-corrected chi connectivity index (χ4v) is 3.01. The highest BCUT2D eigenvalue weighted by atomic mass is 35.5. The number of nitrogens with one attached hydrogen (secondary N) is 1. The van der Waals surface area contributed by atoms with Gasteiger partial charge in [0.05, 0.1) is 29.0 Å². The third-order valence-corrected chi connectivity index (χ3v) is 4.12. The number of benzene rings is 1. The Morgan fingerprint density at radius 1 is 1.41 bits per heavy atom. The Kier molecular flexibility index (Phi) is 2.68. The Morgan fingerprint density at radius 2 is 2.24 bits per heavy atom. The first-order valence-corrected chi connectivity index (χ1v) is 6.49. The number of fused-ring (bicyclic) bond motifs is 2. The molecule has 1 aromatic carbocycles. The number of nitrogens with two attached hydrogens (primary N) is 1. The topological polar surface area (TPSA) is 47.3 Å². The van der Waals surface area contributed by atoms with E-state index in [4.69, 9.17) is 22.1 Å². The van der Waals surface area contributed by atoms with E-state index in [1.807, 2.05) is 19.1 Å². The highest BCUT2D eigenvalue weighted by Gasteiger charge is 2.40. The summed E-state index contributed by atoms with van der Waals surface area (Å²) < 4.78 is 5.83. The maximum atomic E-state index is 6.05. The van der Waals surface area contributed by atoms with Crippen molar-refractivity contribution in [2.24, 2.45) is 0 Å². The van der Waals surface area contributed by atoms with E-state index in [-0.39, 0.29) is 0 Å². The first kappa shape index (κ1) is 11.2. The minimum Gasteiger partial charge on any atom is -0.398 e. The molecule has 2 saturated heterocycles. The van der Waals surface area contributed by atoms with Crippen molar-refractivity contribution in [1.82, 2.24) is 0 Å². The second-order valence-corrected chi connectivity index (χ2v) is 5.46. The third-order valence-electron chi connectivity index (χ3n) is 3.79. The van der Waals surface area contributed by atoms with Gasteiger partial charge in [0.2, 0.25) is 0 Å². The summed E-state index contributed by atoms with van der Waals surface area (Å²) in [6, 6.07) is 4.25. The van der Waals surface area contributed by atoms with Gasteiger partial charge in [-0.1, -0.05) is 11.6 Å². The minimum atomic E-state index is 0.371. The predicted molar refractivity (Wildman–Crippen MR) is 70.5 cm³/mol.